The molecule has 0 spiro atoms. The molecule has 0 aromatic carbocycles. The SMILES string of the molecule is C/C=C1\CC2CC(=O)OC(/C=C/CCCCOC(=O)N3CCOCC3)C(C)/C=C/C(C)CC3CCCC(CC(C1)O2)O3. The van der Waals surface area contributed by atoms with Gasteiger partial charge in [0.1, 0.15) is 6.10 Å². The normalized spacial score (nSPS) is 35.1. The van der Waals surface area contributed by atoms with Crippen molar-refractivity contribution >= 4 is 12.1 Å². The van der Waals surface area contributed by atoms with E-state index in [1.165, 1.54) is 12.0 Å². The molecule has 0 aromatic heterocycles. The van der Waals surface area contributed by atoms with E-state index in [2.05, 4.69) is 45.1 Å². The van der Waals surface area contributed by atoms with Gasteiger partial charge in [0.2, 0.25) is 0 Å². The number of unbranched alkanes of at least 4 members (excludes halogenated alkanes) is 2. The van der Waals surface area contributed by atoms with E-state index in [0.29, 0.717) is 38.8 Å². The Morgan fingerprint density at radius 2 is 1.71 bits per heavy atom. The van der Waals surface area contributed by atoms with E-state index in [1.807, 2.05) is 6.08 Å². The van der Waals surface area contributed by atoms with E-state index < -0.39 is 0 Å². The topological polar surface area (TPSA) is 83.5 Å². The maximum atomic E-state index is 13.2. The summed E-state index contributed by atoms with van der Waals surface area (Å²) in [5, 5.41) is 0. The second-order valence-corrected chi connectivity index (χ2v) is 12.5. The molecule has 0 saturated carbocycles. The van der Waals surface area contributed by atoms with Gasteiger partial charge in [-0.25, -0.2) is 4.79 Å². The number of amides is 1. The zero-order valence-electron chi connectivity index (χ0n) is 26.0. The summed E-state index contributed by atoms with van der Waals surface area (Å²) in [5.41, 5.74) is 1.36. The summed E-state index contributed by atoms with van der Waals surface area (Å²) < 4.78 is 29.8. The molecular formula is C34H53NO7. The van der Waals surface area contributed by atoms with E-state index in [9.17, 15) is 9.59 Å². The average molecular weight is 588 g/mol. The van der Waals surface area contributed by atoms with Crippen molar-refractivity contribution in [2.24, 2.45) is 11.8 Å². The van der Waals surface area contributed by atoms with Gasteiger partial charge in [-0.3, -0.25) is 4.79 Å². The Morgan fingerprint density at radius 3 is 2.50 bits per heavy atom. The van der Waals surface area contributed by atoms with Crippen LogP contribution < -0.4 is 0 Å². The first-order valence-electron chi connectivity index (χ1n) is 16.4. The fourth-order valence-corrected chi connectivity index (χ4v) is 6.42. The Kier molecular flexibility index (Phi) is 13.4. The number of allylic oxidation sites excluding steroid dienone is 3. The van der Waals surface area contributed by atoms with E-state index in [0.717, 1.165) is 57.8 Å². The first-order chi connectivity index (χ1) is 20.4. The van der Waals surface area contributed by atoms with Crippen molar-refractivity contribution in [2.45, 2.75) is 122 Å². The number of hydrogen-bond acceptors (Lipinski definition) is 7. The van der Waals surface area contributed by atoms with Gasteiger partial charge in [-0.1, -0.05) is 43.7 Å². The van der Waals surface area contributed by atoms with Gasteiger partial charge in [-0.05, 0) is 76.7 Å². The minimum absolute atomic E-state index is 0.0428. The number of fused-ring (bicyclic) bond motifs is 4. The van der Waals surface area contributed by atoms with E-state index in [1.54, 1.807) is 4.90 Å². The molecule has 0 N–H and O–H groups in total. The number of esters is 1. The lowest BCUT2D eigenvalue weighted by molar-refractivity contribution is -0.154. The van der Waals surface area contributed by atoms with E-state index in [4.69, 9.17) is 23.7 Å². The molecule has 3 fully saturated rings. The predicted molar refractivity (Wildman–Crippen MR) is 162 cm³/mol. The minimum Gasteiger partial charge on any atom is -0.457 e. The highest BCUT2D eigenvalue weighted by atomic mass is 16.6. The van der Waals surface area contributed by atoms with Crippen molar-refractivity contribution < 1.29 is 33.3 Å². The van der Waals surface area contributed by atoms with Gasteiger partial charge < -0.3 is 28.6 Å². The van der Waals surface area contributed by atoms with Crippen LogP contribution in [0.1, 0.15) is 91.4 Å². The third-order valence-electron chi connectivity index (χ3n) is 8.88. The molecule has 7 unspecified atom stereocenters. The molecule has 4 rings (SSSR count). The second-order valence-electron chi connectivity index (χ2n) is 12.5. The van der Waals surface area contributed by atoms with Crippen LogP contribution in [0.4, 0.5) is 4.79 Å². The molecule has 3 saturated heterocycles. The third-order valence-corrected chi connectivity index (χ3v) is 8.88. The van der Waals surface area contributed by atoms with E-state index in [-0.39, 0.29) is 54.9 Å². The van der Waals surface area contributed by atoms with Crippen LogP contribution in [0.2, 0.25) is 0 Å². The van der Waals surface area contributed by atoms with Crippen LogP contribution in [0, 0.1) is 11.8 Å². The van der Waals surface area contributed by atoms with Crippen molar-refractivity contribution in [3.8, 4) is 0 Å². The van der Waals surface area contributed by atoms with Crippen LogP contribution in [0.5, 0.6) is 0 Å². The van der Waals surface area contributed by atoms with Gasteiger partial charge >= 0.3 is 12.1 Å². The Balaban J connectivity index is 1.33. The summed E-state index contributed by atoms with van der Waals surface area (Å²) in [6.45, 7) is 9.15. The van der Waals surface area contributed by atoms with Gasteiger partial charge in [0, 0.05) is 25.4 Å². The number of morpholine rings is 1. The molecule has 4 aliphatic rings. The van der Waals surface area contributed by atoms with Crippen molar-refractivity contribution in [3.05, 3.63) is 36.0 Å². The van der Waals surface area contributed by atoms with Crippen molar-refractivity contribution in [3.63, 3.8) is 0 Å². The first kappa shape index (κ1) is 32.7. The molecule has 1 amide bonds. The highest BCUT2D eigenvalue weighted by Crippen LogP contribution is 2.33. The quantitative estimate of drug-likeness (QED) is 0.198. The van der Waals surface area contributed by atoms with Crippen LogP contribution in [0.3, 0.4) is 0 Å². The van der Waals surface area contributed by atoms with Gasteiger partial charge in [0.15, 0.2) is 0 Å². The molecule has 236 valence electrons. The summed E-state index contributed by atoms with van der Waals surface area (Å²) >= 11 is 0. The Morgan fingerprint density at radius 1 is 0.976 bits per heavy atom. The number of ether oxygens (including phenoxy) is 5. The number of cyclic esters (lactones) is 1. The fourth-order valence-electron chi connectivity index (χ4n) is 6.42. The molecule has 4 bridgehead atoms. The number of carbonyl (C=O) groups is 2. The molecule has 8 nitrogen and oxygen atoms in total. The van der Waals surface area contributed by atoms with Gasteiger partial charge in [0.05, 0.1) is 50.7 Å². The molecule has 0 aromatic rings. The highest BCUT2D eigenvalue weighted by molar-refractivity contribution is 5.70. The van der Waals surface area contributed by atoms with E-state index >= 15 is 0 Å². The highest BCUT2D eigenvalue weighted by Gasteiger charge is 2.32. The molecule has 4 aliphatic heterocycles. The Hall–Kier alpha value is -2.16. The maximum absolute atomic E-state index is 13.2. The zero-order chi connectivity index (χ0) is 29.7. The number of hydrogen-bond donors (Lipinski definition) is 0. The number of carbonyl (C=O) groups excluding carboxylic acids is 2. The molecule has 8 heteroatoms. The number of rotatable bonds is 6. The summed E-state index contributed by atoms with van der Waals surface area (Å²) in [5.74, 6) is 0.214. The summed E-state index contributed by atoms with van der Waals surface area (Å²) in [6.07, 6.45) is 20.3. The van der Waals surface area contributed by atoms with Crippen LogP contribution >= 0.6 is 0 Å². The first-order valence-corrected chi connectivity index (χ1v) is 16.4. The lowest BCUT2D eigenvalue weighted by Crippen LogP contribution is -2.41. The summed E-state index contributed by atoms with van der Waals surface area (Å²) in [7, 11) is 0. The van der Waals surface area contributed by atoms with Crippen LogP contribution in [0.25, 0.3) is 0 Å². The summed E-state index contributed by atoms with van der Waals surface area (Å²) in [4.78, 5) is 27.0. The molecular weight excluding hydrogens is 534 g/mol. The van der Waals surface area contributed by atoms with Gasteiger partial charge in [0.25, 0.3) is 0 Å². The lowest BCUT2D eigenvalue weighted by Gasteiger charge is -2.37. The number of nitrogens with zero attached hydrogens (tertiary/aromatic N) is 1. The van der Waals surface area contributed by atoms with Crippen LogP contribution in [0.15, 0.2) is 36.0 Å². The predicted octanol–water partition coefficient (Wildman–Crippen LogP) is 6.54. The zero-order valence-corrected chi connectivity index (χ0v) is 26.0. The average Bonchev–Trinajstić information content (AvgIpc) is 2.98. The monoisotopic (exact) mass is 587 g/mol. The van der Waals surface area contributed by atoms with Gasteiger partial charge in [-0.2, -0.15) is 0 Å². The standard InChI is InChI=1S/C34H53NO7/c1-4-27-21-30-23-29-11-9-10-28(40-29)20-25(2)13-14-26(3)32(42-33(36)24-31(22-27)41-30)12-7-5-6-8-17-39-34(37)35-15-18-38-19-16-35/h4,7,12-14,25-26,28-32H,5-6,8-11,15-24H2,1-3H3/b12-7+,14-13+,27-4-. The van der Waals surface area contributed by atoms with Crippen LogP contribution in [-0.4, -0.2) is 80.4 Å². The van der Waals surface area contributed by atoms with Crippen molar-refractivity contribution in [1.82, 2.24) is 4.90 Å². The largest absolute Gasteiger partial charge is 0.457 e. The van der Waals surface area contributed by atoms with Crippen molar-refractivity contribution in [2.75, 3.05) is 32.9 Å². The smallest absolute Gasteiger partial charge is 0.409 e. The molecule has 7 atom stereocenters. The molecule has 0 aliphatic carbocycles. The molecule has 0 radical (unpaired) electrons. The van der Waals surface area contributed by atoms with Crippen LogP contribution in [-0.2, 0) is 28.5 Å². The summed E-state index contributed by atoms with van der Waals surface area (Å²) in [6, 6.07) is 0. The van der Waals surface area contributed by atoms with Crippen molar-refractivity contribution in [1.29, 1.82) is 0 Å². The molecule has 4 heterocycles. The Labute approximate surface area is 252 Å². The van der Waals surface area contributed by atoms with Gasteiger partial charge in [-0.15, -0.1) is 0 Å². The maximum Gasteiger partial charge on any atom is 0.409 e. The second kappa shape index (κ2) is 17.2. The minimum atomic E-state index is -0.344. The lowest BCUT2D eigenvalue weighted by atomic mass is 9.90. The molecule has 42 heavy (non-hydrogen) atoms. The fraction of sp³-hybridized carbons (Fsp3) is 0.765. The third kappa shape index (κ3) is 10.8. The Bertz CT molecular complexity index is 940.